The third kappa shape index (κ3) is 4.03. The van der Waals surface area contributed by atoms with Gasteiger partial charge in [-0.15, -0.1) is 11.3 Å². The van der Waals surface area contributed by atoms with Crippen LogP contribution in [0.2, 0.25) is 0 Å². The predicted molar refractivity (Wildman–Crippen MR) is 184 cm³/mol. The van der Waals surface area contributed by atoms with Gasteiger partial charge in [0.25, 0.3) is 0 Å². The van der Waals surface area contributed by atoms with Crippen molar-refractivity contribution in [2.24, 2.45) is 0 Å². The van der Waals surface area contributed by atoms with Crippen molar-refractivity contribution >= 4 is 53.6 Å². The summed E-state index contributed by atoms with van der Waals surface area (Å²) < 4.78 is 8.81. The van der Waals surface area contributed by atoms with Crippen molar-refractivity contribution in [2.75, 3.05) is 0 Å². The minimum Gasteiger partial charge on any atom is -0.456 e. The molecule has 0 saturated heterocycles. The Morgan fingerprint density at radius 3 is 2.00 bits per heavy atom. The first kappa shape index (κ1) is 25.0. The molecule has 3 aromatic heterocycles. The van der Waals surface area contributed by atoms with Gasteiger partial charge in [0.1, 0.15) is 11.2 Å². The molecule has 4 heteroatoms. The van der Waals surface area contributed by atoms with E-state index in [1.54, 1.807) is 11.3 Å². The number of aromatic nitrogens is 2. The number of thiophene rings is 1. The number of hydrogen-bond acceptors (Lipinski definition) is 4. The molecule has 0 aliphatic rings. The number of nitrogens with zero attached hydrogens (tertiary/aromatic N) is 2. The Morgan fingerprint density at radius 2 is 1.16 bits per heavy atom. The zero-order valence-electron chi connectivity index (χ0n) is 23.6. The summed E-state index contributed by atoms with van der Waals surface area (Å²) in [6, 6.07) is 50.7. The van der Waals surface area contributed by atoms with Gasteiger partial charge in [-0.3, -0.25) is 0 Å². The van der Waals surface area contributed by atoms with Crippen molar-refractivity contribution in [1.29, 1.82) is 0 Å². The second-order valence-electron chi connectivity index (χ2n) is 11.0. The molecule has 0 N–H and O–H groups in total. The van der Waals surface area contributed by atoms with E-state index in [-0.39, 0.29) is 0 Å². The topological polar surface area (TPSA) is 38.9 Å². The third-order valence-electron chi connectivity index (χ3n) is 8.31. The first-order chi connectivity index (χ1) is 21.8. The summed E-state index contributed by atoms with van der Waals surface area (Å²) in [5.41, 5.74) is 10.3. The average molecular weight is 581 g/mol. The minimum absolute atomic E-state index is 0.702. The SMILES string of the molecule is c1ccc(-c2cccc(-c3ccc4c(c3)oc3cccc(-c5nc(-c6ccccc6)c6sc7ccccc7c6n5)c34)c2)cc1. The van der Waals surface area contributed by atoms with Crippen LogP contribution in [0.15, 0.2) is 150 Å². The summed E-state index contributed by atoms with van der Waals surface area (Å²) in [4.78, 5) is 10.5. The van der Waals surface area contributed by atoms with Gasteiger partial charge in [0.2, 0.25) is 0 Å². The molecule has 44 heavy (non-hydrogen) atoms. The summed E-state index contributed by atoms with van der Waals surface area (Å²) in [6.45, 7) is 0. The molecule has 0 bridgehead atoms. The maximum Gasteiger partial charge on any atom is 0.161 e. The Hall–Kier alpha value is -5.58. The lowest BCUT2D eigenvalue weighted by Crippen LogP contribution is -1.94. The van der Waals surface area contributed by atoms with E-state index in [2.05, 4.69) is 121 Å². The Morgan fingerprint density at radius 1 is 0.477 bits per heavy atom. The number of hydrogen-bond donors (Lipinski definition) is 0. The second kappa shape index (κ2) is 10.0. The summed E-state index contributed by atoms with van der Waals surface area (Å²) in [6.07, 6.45) is 0. The smallest absolute Gasteiger partial charge is 0.161 e. The molecule has 0 aliphatic carbocycles. The van der Waals surface area contributed by atoms with Crippen LogP contribution in [-0.4, -0.2) is 9.97 Å². The van der Waals surface area contributed by atoms with Gasteiger partial charge >= 0.3 is 0 Å². The van der Waals surface area contributed by atoms with E-state index in [1.807, 2.05) is 24.3 Å². The highest BCUT2D eigenvalue weighted by molar-refractivity contribution is 7.26. The van der Waals surface area contributed by atoms with Gasteiger partial charge in [-0.2, -0.15) is 0 Å². The van der Waals surface area contributed by atoms with Crippen LogP contribution in [0.1, 0.15) is 0 Å². The quantitative estimate of drug-likeness (QED) is 0.208. The Bertz CT molecular complexity index is 2490. The lowest BCUT2D eigenvalue weighted by molar-refractivity contribution is 0.669. The summed E-state index contributed by atoms with van der Waals surface area (Å²) >= 11 is 1.75. The van der Waals surface area contributed by atoms with Gasteiger partial charge in [0.15, 0.2) is 5.82 Å². The van der Waals surface area contributed by atoms with E-state index in [0.717, 1.165) is 65.5 Å². The molecule has 9 rings (SSSR count). The molecule has 0 radical (unpaired) electrons. The molecule has 3 nitrogen and oxygen atoms in total. The van der Waals surface area contributed by atoms with Gasteiger partial charge in [-0.05, 0) is 52.6 Å². The predicted octanol–water partition coefficient (Wildman–Crippen LogP) is 11.4. The van der Waals surface area contributed by atoms with Crippen LogP contribution in [-0.2, 0) is 0 Å². The van der Waals surface area contributed by atoms with Crippen molar-refractivity contribution in [2.45, 2.75) is 0 Å². The highest BCUT2D eigenvalue weighted by atomic mass is 32.1. The summed E-state index contributed by atoms with van der Waals surface area (Å²) in [7, 11) is 0. The van der Waals surface area contributed by atoms with Crippen LogP contribution in [0.3, 0.4) is 0 Å². The molecule has 9 aromatic rings. The highest BCUT2D eigenvalue weighted by Crippen LogP contribution is 2.42. The van der Waals surface area contributed by atoms with Crippen LogP contribution in [0.4, 0.5) is 0 Å². The molecule has 0 saturated carbocycles. The van der Waals surface area contributed by atoms with E-state index in [4.69, 9.17) is 14.4 Å². The van der Waals surface area contributed by atoms with Crippen LogP contribution >= 0.6 is 11.3 Å². The Balaban J connectivity index is 1.24. The number of fused-ring (bicyclic) bond motifs is 6. The molecular weight excluding hydrogens is 557 g/mol. The van der Waals surface area contributed by atoms with Crippen LogP contribution in [0.25, 0.3) is 87.1 Å². The van der Waals surface area contributed by atoms with Gasteiger partial charge in [0, 0.05) is 32.0 Å². The van der Waals surface area contributed by atoms with Gasteiger partial charge < -0.3 is 4.42 Å². The van der Waals surface area contributed by atoms with Crippen molar-refractivity contribution in [3.8, 4) is 44.9 Å². The van der Waals surface area contributed by atoms with Crippen LogP contribution in [0.5, 0.6) is 0 Å². The number of benzene rings is 6. The fourth-order valence-corrected chi connectivity index (χ4v) is 7.36. The van der Waals surface area contributed by atoms with Gasteiger partial charge in [-0.25, -0.2) is 9.97 Å². The molecular formula is C40H24N2OS. The maximum absolute atomic E-state index is 6.50. The fraction of sp³-hybridized carbons (Fsp3) is 0. The van der Waals surface area contributed by atoms with Gasteiger partial charge in [-0.1, -0.05) is 115 Å². The molecule has 0 fully saturated rings. The molecule has 0 aliphatic heterocycles. The maximum atomic E-state index is 6.50. The molecule has 6 aromatic carbocycles. The first-order valence-electron chi connectivity index (χ1n) is 14.7. The van der Waals surface area contributed by atoms with Crippen LogP contribution < -0.4 is 0 Å². The minimum atomic E-state index is 0.702. The van der Waals surface area contributed by atoms with Gasteiger partial charge in [0.05, 0.1) is 15.9 Å². The van der Waals surface area contributed by atoms with Crippen molar-refractivity contribution < 1.29 is 4.42 Å². The lowest BCUT2D eigenvalue weighted by atomic mass is 9.98. The Labute approximate surface area is 257 Å². The monoisotopic (exact) mass is 580 g/mol. The summed E-state index contributed by atoms with van der Waals surface area (Å²) in [5, 5.41) is 3.24. The molecule has 0 unspecified atom stereocenters. The molecule has 206 valence electrons. The third-order valence-corrected chi connectivity index (χ3v) is 9.47. The van der Waals surface area contributed by atoms with Crippen molar-refractivity contribution in [3.63, 3.8) is 0 Å². The first-order valence-corrected chi connectivity index (χ1v) is 15.5. The van der Waals surface area contributed by atoms with E-state index >= 15 is 0 Å². The van der Waals surface area contributed by atoms with Crippen molar-refractivity contribution in [3.05, 3.63) is 146 Å². The fourth-order valence-electron chi connectivity index (χ4n) is 6.20. The molecule has 0 spiro atoms. The molecule has 0 atom stereocenters. The number of rotatable bonds is 4. The standard InChI is InChI=1S/C40H24N2OS/c1-3-11-25(12-4-1)27-15-9-16-28(23-27)29-21-22-30-34(24-29)43-33-19-10-18-32(36(30)33)40-41-37(26-13-5-2-6-14-26)39-38(42-40)31-17-7-8-20-35(31)44-39/h1-24H. The van der Waals surface area contributed by atoms with E-state index < -0.39 is 0 Å². The van der Waals surface area contributed by atoms with E-state index in [1.165, 1.54) is 15.8 Å². The zero-order chi connectivity index (χ0) is 29.0. The van der Waals surface area contributed by atoms with E-state index in [0.29, 0.717) is 5.82 Å². The molecule has 0 amide bonds. The normalized spacial score (nSPS) is 11.6. The zero-order valence-corrected chi connectivity index (χ0v) is 24.4. The van der Waals surface area contributed by atoms with Crippen LogP contribution in [0, 0.1) is 0 Å². The lowest BCUT2D eigenvalue weighted by Gasteiger charge is -2.08. The summed E-state index contributed by atoms with van der Waals surface area (Å²) in [5.74, 6) is 0.702. The highest BCUT2D eigenvalue weighted by Gasteiger charge is 2.20. The second-order valence-corrected chi connectivity index (χ2v) is 12.0. The average Bonchev–Trinajstić information content (AvgIpc) is 3.67. The number of furan rings is 1. The van der Waals surface area contributed by atoms with Crippen molar-refractivity contribution in [1.82, 2.24) is 9.97 Å². The largest absolute Gasteiger partial charge is 0.456 e. The Kier molecular flexibility index (Phi) is 5.68. The molecule has 3 heterocycles. The van der Waals surface area contributed by atoms with E-state index in [9.17, 15) is 0 Å².